The van der Waals surface area contributed by atoms with Gasteiger partial charge in [0.15, 0.2) is 5.13 Å². The fourth-order valence-corrected chi connectivity index (χ4v) is 4.49. The first-order valence-electron chi connectivity index (χ1n) is 11.2. The predicted molar refractivity (Wildman–Crippen MR) is 131 cm³/mol. The Morgan fingerprint density at radius 2 is 1.88 bits per heavy atom. The van der Waals surface area contributed by atoms with Crippen molar-refractivity contribution >= 4 is 34.4 Å². The fraction of sp³-hybridized carbons (Fsp3) is 0.280. The van der Waals surface area contributed by atoms with E-state index < -0.39 is 12.1 Å². The predicted octanol–water partition coefficient (Wildman–Crippen LogP) is 4.30. The number of hydrogen-bond acceptors (Lipinski definition) is 6. The molecule has 1 aliphatic heterocycles. The molecule has 1 saturated heterocycles. The SMILES string of the molecule is CCNC(=O)c1ccc(-c2csc(NC(=O)[C@@H]3CCCN3C(=O)OCc3ccccc3)n2)cc1. The van der Waals surface area contributed by atoms with Gasteiger partial charge in [0.05, 0.1) is 5.69 Å². The molecule has 1 aromatic heterocycles. The highest BCUT2D eigenvalue weighted by Gasteiger charge is 2.35. The van der Waals surface area contributed by atoms with Crippen LogP contribution in [0.15, 0.2) is 60.0 Å². The van der Waals surface area contributed by atoms with Gasteiger partial charge in [-0.15, -0.1) is 11.3 Å². The van der Waals surface area contributed by atoms with Gasteiger partial charge in [0.25, 0.3) is 5.91 Å². The standard InChI is InChI=1S/C25H26N4O4S/c1-2-26-22(30)19-12-10-18(11-13-19)20-16-34-24(27-20)28-23(31)21-9-6-14-29(21)25(32)33-15-17-7-4-3-5-8-17/h3-5,7-8,10-13,16,21H,2,6,9,14-15H2,1H3,(H,26,30)(H,27,28,31)/t21-/m0/s1. The smallest absolute Gasteiger partial charge is 0.410 e. The number of rotatable bonds is 7. The first-order chi connectivity index (χ1) is 16.5. The quantitative estimate of drug-likeness (QED) is 0.527. The Hall–Kier alpha value is -3.72. The summed E-state index contributed by atoms with van der Waals surface area (Å²) in [5, 5.41) is 7.90. The lowest BCUT2D eigenvalue weighted by molar-refractivity contribution is -0.120. The average Bonchev–Trinajstić information content (AvgIpc) is 3.54. The highest BCUT2D eigenvalue weighted by atomic mass is 32.1. The topological polar surface area (TPSA) is 101 Å². The van der Waals surface area contributed by atoms with Crippen molar-refractivity contribution in [3.63, 3.8) is 0 Å². The fourth-order valence-electron chi connectivity index (χ4n) is 3.77. The van der Waals surface area contributed by atoms with E-state index in [0.717, 1.165) is 17.5 Å². The van der Waals surface area contributed by atoms with Crippen molar-refractivity contribution in [2.24, 2.45) is 0 Å². The van der Waals surface area contributed by atoms with E-state index in [0.29, 0.717) is 35.9 Å². The van der Waals surface area contributed by atoms with Gasteiger partial charge < -0.3 is 15.4 Å². The molecule has 2 N–H and O–H groups in total. The Balaban J connectivity index is 1.35. The number of nitrogens with one attached hydrogen (secondary N) is 2. The van der Waals surface area contributed by atoms with Crippen LogP contribution in [0.1, 0.15) is 35.7 Å². The molecule has 0 unspecified atom stereocenters. The van der Waals surface area contributed by atoms with Crippen molar-refractivity contribution in [3.05, 3.63) is 71.1 Å². The highest BCUT2D eigenvalue weighted by Crippen LogP contribution is 2.27. The number of amides is 3. The zero-order chi connectivity index (χ0) is 23.9. The molecule has 1 aliphatic rings. The Labute approximate surface area is 202 Å². The number of aromatic nitrogens is 1. The first kappa shape index (κ1) is 23.4. The summed E-state index contributed by atoms with van der Waals surface area (Å²) in [6, 6.07) is 16.0. The maximum absolute atomic E-state index is 12.9. The third-order valence-electron chi connectivity index (χ3n) is 5.51. The van der Waals surface area contributed by atoms with Gasteiger partial charge in [-0.1, -0.05) is 42.5 Å². The summed E-state index contributed by atoms with van der Waals surface area (Å²) < 4.78 is 5.41. The molecular weight excluding hydrogens is 452 g/mol. The molecule has 2 aromatic carbocycles. The number of hydrogen-bond donors (Lipinski definition) is 2. The number of anilines is 1. The zero-order valence-corrected chi connectivity index (χ0v) is 19.6. The largest absolute Gasteiger partial charge is 0.445 e. The second kappa shape index (κ2) is 10.9. The monoisotopic (exact) mass is 478 g/mol. The normalized spacial score (nSPS) is 15.1. The third kappa shape index (κ3) is 5.60. The Bertz CT molecular complexity index is 1150. The Morgan fingerprint density at radius 3 is 2.62 bits per heavy atom. The molecule has 1 atom stereocenters. The summed E-state index contributed by atoms with van der Waals surface area (Å²) in [4.78, 5) is 43.4. The van der Waals surface area contributed by atoms with E-state index in [1.165, 1.54) is 16.2 Å². The molecule has 0 aliphatic carbocycles. The maximum Gasteiger partial charge on any atom is 0.410 e. The Morgan fingerprint density at radius 1 is 1.12 bits per heavy atom. The molecule has 0 radical (unpaired) electrons. The zero-order valence-electron chi connectivity index (χ0n) is 18.8. The summed E-state index contributed by atoms with van der Waals surface area (Å²) >= 11 is 1.31. The first-order valence-corrected chi connectivity index (χ1v) is 12.1. The van der Waals surface area contributed by atoms with E-state index >= 15 is 0 Å². The van der Waals surface area contributed by atoms with Crippen LogP contribution in [-0.4, -0.2) is 46.9 Å². The minimum atomic E-state index is -0.591. The van der Waals surface area contributed by atoms with Crippen LogP contribution >= 0.6 is 11.3 Å². The van der Waals surface area contributed by atoms with Crippen LogP contribution in [0.2, 0.25) is 0 Å². The van der Waals surface area contributed by atoms with Crippen LogP contribution in [-0.2, 0) is 16.1 Å². The van der Waals surface area contributed by atoms with Gasteiger partial charge >= 0.3 is 6.09 Å². The van der Waals surface area contributed by atoms with Gasteiger partial charge in [0.1, 0.15) is 12.6 Å². The average molecular weight is 479 g/mol. The van der Waals surface area contributed by atoms with Gasteiger partial charge in [0.2, 0.25) is 5.91 Å². The second-order valence-corrected chi connectivity index (χ2v) is 8.71. The summed E-state index contributed by atoms with van der Waals surface area (Å²) in [6.07, 6.45) is 0.819. The molecule has 1 fully saturated rings. The van der Waals surface area contributed by atoms with Crippen molar-refractivity contribution in [3.8, 4) is 11.3 Å². The molecular formula is C25H26N4O4S. The van der Waals surface area contributed by atoms with E-state index in [1.54, 1.807) is 12.1 Å². The number of likely N-dealkylation sites (tertiary alicyclic amines) is 1. The van der Waals surface area contributed by atoms with Crippen LogP contribution in [0.25, 0.3) is 11.3 Å². The molecule has 8 nitrogen and oxygen atoms in total. The van der Waals surface area contributed by atoms with E-state index in [1.807, 2.05) is 54.8 Å². The molecule has 0 spiro atoms. The van der Waals surface area contributed by atoms with Crippen molar-refractivity contribution in [2.45, 2.75) is 32.4 Å². The van der Waals surface area contributed by atoms with Crippen LogP contribution in [0.3, 0.4) is 0 Å². The Kier molecular flexibility index (Phi) is 7.54. The highest BCUT2D eigenvalue weighted by molar-refractivity contribution is 7.14. The van der Waals surface area contributed by atoms with E-state index in [9.17, 15) is 14.4 Å². The lowest BCUT2D eigenvalue weighted by Crippen LogP contribution is -2.43. The molecule has 34 heavy (non-hydrogen) atoms. The molecule has 3 aromatic rings. The minimum absolute atomic E-state index is 0.122. The number of nitrogens with zero attached hydrogens (tertiary/aromatic N) is 2. The van der Waals surface area contributed by atoms with Crippen LogP contribution in [0.4, 0.5) is 9.93 Å². The second-order valence-electron chi connectivity index (χ2n) is 7.86. The molecule has 3 amide bonds. The van der Waals surface area contributed by atoms with Gasteiger partial charge in [-0.2, -0.15) is 0 Å². The van der Waals surface area contributed by atoms with Crippen molar-refractivity contribution in [1.82, 2.24) is 15.2 Å². The van der Waals surface area contributed by atoms with E-state index in [2.05, 4.69) is 15.6 Å². The summed E-state index contributed by atoms with van der Waals surface area (Å²) in [7, 11) is 0. The number of thiazole rings is 1. The van der Waals surface area contributed by atoms with Gasteiger partial charge in [-0.25, -0.2) is 9.78 Å². The number of carbonyl (C=O) groups is 3. The lowest BCUT2D eigenvalue weighted by atomic mass is 10.1. The summed E-state index contributed by atoms with van der Waals surface area (Å²) in [6.45, 7) is 3.08. The minimum Gasteiger partial charge on any atom is -0.445 e. The summed E-state index contributed by atoms with van der Waals surface area (Å²) in [5.41, 5.74) is 3.02. The molecule has 0 bridgehead atoms. The van der Waals surface area contributed by atoms with Crippen molar-refractivity contribution < 1.29 is 19.1 Å². The van der Waals surface area contributed by atoms with Crippen molar-refractivity contribution in [2.75, 3.05) is 18.4 Å². The lowest BCUT2D eigenvalue weighted by Gasteiger charge is -2.22. The molecule has 0 saturated carbocycles. The number of benzene rings is 2. The van der Waals surface area contributed by atoms with Gasteiger partial charge in [-0.05, 0) is 37.5 Å². The molecule has 176 valence electrons. The molecule has 2 heterocycles. The van der Waals surface area contributed by atoms with Gasteiger partial charge in [0, 0.05) is 29.6 Å². The van der Waals surface area contributed by atoms with E-state index in [-0.39, 0.29) is 18.4 Å². The molecule has 4 rings (SSSR count). The third-order valence-corrected chi connectivity index (χ3v) is 6.27. The molecule has 9 heteroatoms. The summed E-state index contributed by atoms with van der Waals surface area (Å²) in [5.74, 6) is -0.398. The van der Waals surface area contributed by atoms with Crippen LogP contribution in [0, 0.1) is 0 Å². The van der Waals surface area contributed by atoms with Crippen LogP contribution < -0.4 is 10.6 Å². The van der Waals surface area contributed by atoms with E-state index in [4.69, 9.17) is 4.74 Å². The van der Waals surface area contributed by atoms with Crippen molar-refractivity contribution in [1.29, 1.82) is 0 Å². The maximum atomic E-state index is 12.9. The van der Waals surface area contributed by atoms with Gasteiger partial charge in [-0.3, -0.25) is 14.5 Å². The van der Waals surface area contributed by atoms with Crippen LogP contribution in [0.5, 0.6) is 0 Å². The number of ether oxygens (including phenoxy) is 1. The number of carbonyl (C=O) groups excluding carboxylic acids is 3.